The summed E-state index contributed by atoms with van der Waals surface area (Å²) < 4.78 is 6.63. The lowest BCUT2D eigenvalue weighted by atomic mass is 9.82. The molecule has 38 heavy (non-hydrogen) atoms. The normalized spacial score (nSPS) is 13.7. The van der Waals surface area contributed by atoms with Gasteiger partial charge in [-0.1, -0.05) is 98.8 Å². The summed E-state index contributed by atoms with van der Waals surface area (Å²) in [6.45, 7) is 4.59. The van der Waals surface area contributed by atoms with Crippen LogP contribution in [0.2, 0.25) is 0 Å². The summed E-state index contributed by atoms with van der Waals surface area (Å²) in [5.41, 5.74) is 10.7. The van der Waals surface area contributed by atoms with E-state index in [0.717, 1.165) is 49.7 Å². The van der Waals surface area contributed by atoms with Gasteiger partial charge in [-0.3, -0.25) is 0 Å². The van der Waals surface area contributed by atoms with E-state index in [2.05, 4.69) is 92.7 Å². The van der Waals surface area contributed by atoms with E-state index in [0.29, 0.717) is 5.82 Å². The first kappa shape index (κ1) is 21.3. The molecule has 1 aliphatic carbocycles. The third kappa shape index (κ3) is 2.90. The van der Waals surface area contributed by atoms with E-state index >= 15 is 0 Å². The third-order valence-electron chi connectivity index (χ3n) is 8.09. The number of benzene rings is 5. The van der Waals surface area contributed by atoms with E-state index in [1.165, 1.54) is 22.3 Å². The number of fused-ring (bicyclic) bond motifs is 7. The average Bonchev–Trinajstić information content (AvgIpc) is 3.44. The Kier molecular flexibility index (Phi) is 4.28. The lowest BCUT2D eigenvalue weighted by Gasteiger charge is -2.21. The van der Waals surface area contributed by atoms with Crippen LogP contribution in [0.3, 0.4) is 0 Å². The summed E-state index contributed by atoms with van der Waals surface area (Å²) in [6, 6.07) is 38.1. The number of nitrogens with zero attached hydrogens (tertiary/aromatic N) is 2. The standard InChI is InChI=1S/C35H24N2O/c1-35(2)28-17-8-6-13-22(28)26-19-27-23-15-10-16-25(33(23)38-31(27)20-29(26)35)34-36-30-18-9-7-14-24(30)32(37-34)21-11-4-3-5-12-21/h3-20H,1-2H3. The topological polar surface area (TPSA) is 38.9 Å². The molecule has 0 unspecified atom stereocenters. The molecule has 0 bridgehead atoms. The van der Waals surface area contributed by atoms with Crippen LogP contribution in [0.5, 0.6) is 0 Å². The lowest BCUT2D eigenvalue weighted by Crippen LogP contribution is -2.14. The van der Waals surface area contributed by atoms with E-state index in [-0.39, 0.29) is 5.41 Å². The Morgan fingerprint density at radius 3 is 2.21 bits per heavy atom. The Morgan fingerprint density at radius 2 is 1.32 bits per heavy atom. The molecular weight excluding hydrogens is 464 g/mol. The number of para-hydroxylation sites is 2. The van der Waals surface area contributed by atoms with Crippen LogP contribution in [0.15, 0.2) is 114 Å². The first-order valence-electron chi connectivity index (χ1n) is 13.0. The molecule has 0 N–H and O–H groups in total. The van der Waals surface area contributed by atoms with Gasteiger partial charge in [0.05, 0.1) is 16.8 Å². The SMILES string of the molecule is CC1(C)c2ccccc2-c2cc3c(cc21)oc1c(-c2nc(-c4ccccc4)c4ccccc4n2)cccc13. The van der Waals surface area contributed by atoms with Gasteiger partial charge < -0.3 is 4.42 Å². The van der Waals surface area contributed by atoms with Gasteiger partial charge in [-0.05, 0) is 46.5 Å². The lowest BCUT2D eigenvalue weighted by molar-refractivity contribution is 0.647. The van der Waals surface area contributed by atoms with Crippen molar-refractivity contribution >= 4 is 32.8 Å². The van der Waals surface area contributed by atoms with E-state index in [4.69, 9.17) is 14.4 Å². The fraction of sp³-hybridized carbons (Fsp3) is 0.0857. The second-order valence-corrected chi connectivity index (χ2v) is 10.6. The zero-order chi connectivity index (χ0) is 25.4. The largest absolute Gasteiger partial charge is 0.455 e. The van der Waals surface area contributed by atoms with E-state index in [1.54, 1.807) is 0 Å². The second kappa shape index (κ2) is 7.62. The predicted octanol–water partition coefficient (Wildman–Crippen LogP) is 9.17. The monoisotopic (exact) mass is 488 g/mol. The second-order valence-electron chi connectivity index (χ2n) is 10.6. The molecular formula is C35H24N2O. The predicted molar refractivity (Wildman–Crippen MR) is 155 cm³/mol. The van der Waals surface area contributed by atoms with Crippen LogP contribution in [-0.4, -0.2) is 9.97 Å². The molecule has 8 rings (SSSR count). The summed E-state index contributed by atoms with van der Waals surface area (Å²) in [4.78, 5) is 10.1. The number of hydrogen-bond donors (Lipinski definition) is 0. The molecule has 2 aromatic heterocycles. The van der Waals surface area contributed by atoms with E-state index in [9.17, 15) is 0 Å². The molecule has 0 radical (unpaired) electrons. The van der Waals surface area contributed by atoms with Crippen molar-refractivity contribution in [2.75, 3.05) is 0 Å². The van der Waals surface area contributed by atoms with Gasteiger partial charge in [-0.25, -0.2) is 9.97 Å². The van der Waals surface area contributed by atoms with Gasteiger partial charge in [0.15, 0.2) is 5.82 Å². The Bertz CT molecular complexity index is 2050. The first-order valence-corrected chi connectivity index (χ1v) is 13.0. The molecule has 0 atom stereocenters. The molecule has 0 amide bonds. The van der Waals surface area contributed by atoms with Gasteiger partial charge >= 0.3 is 0 Å². The fourth-order valence-corrected chi connectivity index (χ4v) is 6.18. The van der Waals surface area contributed by atoms with Gasteiger partial charge in [0.1, 0.15) is 11.2 Å². The summed E-state index contributed by atoms with van der Waals surface area (Å²) in [6.07, 6.45) is 0. The van der Waals surface area contributed by atoms with Crippen LogP contribution < -0.4 is 0 Å². The van der Waals surface area contributed by atoms with Gasteiger partial charge in [0.2, 0.25) is 0 Å². The van der Waals surface area contributed by atoms with Crippen molar-refractivity contribution in [1.29, 1.82) is 0 Å². The van der Waals surface area contributed by atoms with Crippen molar-refractivity contribution in [2.24, 2.45) is 0 Å². The Labute approximate surface area is 220 Å². The molecule has 3 nitrogen and oxygen atoms in total. The smallest absolute Gasteiger partial charge is 0.164 e. The maximum absolute atomic E-state index is 6.63. The molecule has 3 heteroatoms. The van der Waals surface area contributed by atoms with Crippen LogP contribution in [0.1, 0.15) is 25.0 Å². The van der Waals surface area contributed by atoms with Crippen molar-refractivity contribution in [1.82, 2.24) is 9.97 Å². The highest BCUT2D eigenvalue weighted by Gasteiger charge is 2.36. The number of hydrogen-bond acceptors (Lipinski definition) is 3. The maximum Gasteiger partial charge on any atom is 0.164 e. The number of furan rings is 1. The summed E-state index contributed by atoms with van der Waals surface area (Å²) >= 11 is 0. The van der Waals surface area contributed by atoms with E-state index in [1.807, 2.05) is 30.3 Å². The minimum atomic E-state index is -0.0754. The van der Waals surface area contributed by atoms with Crippen LogP contribution in [0, 0.1) is 0 Å². The first-order chi connectivity index (χ1) is 18.6. The van der Waals surface area contributed by atoms with Crippen molar-refractivity contribution in [3.8, 4) is 33.8 Å². The zero-order valence-corrected chi connectivity index (χ0v) is 21.2. The Morgan fingerprint density at radius 1 is 0.579 bits per heavy atom. The molecule has 7 aromatic rings. The van der Waals surface area contributed by atoms with Crippen LogP contribution >= 0.6 is 0 Å². The summed E-state index contributed by atoms with van der Waals surface area (Å²) in [5, 5.41) is 3.24. The van der Waals surface area contributed by atoms with Crippen molar-refractivity contribution in [3.05, 3.63) is 120 Å². The quantitative estimate of drug-likeness (QED) is 0.243. The molecule has 2 heterocycles. The van der Waals surface area contributed by atoms with E-state index < -0.39 is 0 Å². The molecule has 0 fully saturated rings. The number of rotatable bonds is 2. The average molecular weight is 489 g/mol. The molecule has 1 aliphatic rings. The molecule has 0 saturated heterocycles. The van der Waals surface area contributed by atoms with Gasteiger partial charge in [-0.15, -0.1) is 0 Å². The van der Waals surface area contributed by atoms with Crippen molar-refractivity contribution in [3.63, 3.8) is 0 Å². The molecule has 0 spiro atoms. The highest BCUT2D eigenvalue weighted by molar-refractivity contribution is 6.11. The highest BCUT2D eigenvalue weighted by Crippen LogP contribution is 2.51. The van der Waals surface area contributed by atoms with Crippen LogP contribution in [0.4, 0.5) is 0 Å². The molecule has 180 valence electrons. The Hall–Kier alpha value is -4.76. The third-order valence-corrected chi connectivity index (χ3v) is 8.09. The minimum absolute atomic E-state index is 0.0754. The maximum atomic E-state index is 6.63. The molecule has 0 saturated carbocycles. The van der Waals surface area contributed by atoms with Crippen molar-refractivity contribution < 1.29 is 4.42 Å². The van der Waals surface area contributed by atoms with Crippen LogP contribution in [-0.2, 0) is 5.41 Å². The zero-order valence-electron chi connectivity index (χ0n) is 21.2. The summed E-state index contributed by atoms with van der Waals surface area (Å²) in [5.74, 6) is 0.672. The Balaban J connectivity index is 1.39. The molecule has 5 aromatic carbocycles. The van der Waals surface area contributed by atoms with Crippen LogP contribution in [0.25, 0.3) is 66.6 Å². The van der Waals surface area contributed by atoms with Crippen molar-refractivity contribution in [2.45, 2.75) is 19.3 Å². The fourth-order valence-electron chi connectivity index (χ4n) is 6.18. The highest BCUT2D eigenvalue weighted by atomic mass is 16.3. The van der Waals surface area contributed by atoms with Gasteiger partial charge in [-0.2, -0.15) is 0 Å². The van der Waals surface area contributed by atoms with Gasteiger partial charge in [0, 0.05) is 27.1 Å². The minimum Gasteiger partial charge on any atom is -0.455 e. The number of aromatic nitrogens is 2. The van der Waals surface area contributed by atoms with Gasteiger partial charge in [0.25, 0.3) is 0 Å². The molecule has 0 aliphatic heterocycles. The summed E-state index contributed by atoms with van der Waals surface area (Å²) in [7, 11) is 0.